The first kappa shape index (κ1) is 13.2. The molecular formula is C15H20FNO. The molecule has 98 valence electrons. The number of benzene rings is 1. The van der Waals surface area contributed by atoms with E-state index in [2.05, 4.69) is 4.90 Å². The zero-order chi connectivity index (χ0) is 13.2. The van der Waals surface area contributed by atoms with Crippen LogP contribution < -0.4 is 0 Å². The highest BCUT2D eigenvalue weighted by Crippen LogP contribution is 2.35. The van der Waals surface area contributed by atoms with E-state index in [0.717, 1.165) is 37.1 Å². The van der Waals surface area contributed by atoms with Crippen molar-refractivity contribution in [3.63, 3.8) is 0 Å². The molecule has 0 aromatic heterocycles. The van der Waals surface area contributed by atoms with E-state index >= 15 is 0 Å². The Hall–Kier alpha value is -1.22. The maximum Gasteiger partial charge on any atom is 0.182 e. The molecule has 18 heavy (non-hydrogen) atoms. The molecule has 0 aliphatic carbocycles. The second-order valence-electron chi connectivity index (χ2n) is 5.33. The molecule has 1 saturated heterocycles. The number of aldehydes is 1. The molecule has 1 fully saturated rings. The standard InChI is InChI=1S/C15H20FNO/c1-12-5-7-13(8-6-12)14(15(2,16)11-18)17-9-3-4-10-17/h5-8,11,14H,3-4,9-10H2,1-2H3. The SMILES string of the molecule is Cc1ccc(C(N2CCCC2)C(C)(F)C=O)cc1. The topological polar surface area (TPSA) is 20.3 Å². The van der Waals surface area contributed by atoms with Gasteiger partial charge in [0.2, 0.25) is 0 Å². The van der Waals surface area contributed by atoms with Gasteiger partial charge in [-0.3, -0.25) is 9.69 Å². The van der Waals surface area contributed by atoms with Gasteiger partial charge in [-0.25, -0.2) is 4.39 Å². The molecule has 2 nitrogen and oxygen atoms in total. The highest BCUT2D eigenvalue weighted by molar-refractivity contribution is 5.64. The first-order valence-corrected chi connectivity index (χ1v) is 6.50. The number of hydrogen-bond donors (Lipinski definition) is 0. The Balaban J connectivity index is 2.34. The van der Waals surface area contributed by atoms with Crippen LogP contribution in [0.1, 0.15) is 36.9 Å². The summed E-state index contributed by atoms with van der Waals surface area (Å²) in [6.45, 7) is 5.11. The number of alkyl halides is 1. The van der Waals surface area contributed by atoms with Crippen LogP contribution in [0.3, 0.4) is 0 Å². The van der Waals surface area contributed by atoms with Crippen molar-refractivity contribution >= 4 is 6.29 Å². The van der Waals surface area contributed by atoms with E-state index in [1.165, 1.54) is 6.92 Å². The Labute approximate surface area is 108 Å². The lowest BCUT2D eigenvalue weighted by Crippen LogP contribution is -2.41. The van der Waals surface area contributed by atoms with Gasteiger partial charge < -0.3 is 0 Å². The van der Waals surface area contributed by atoms with Crippen molar-refractivity contribution in [3.05, 3.63) is 35.4 Å². The summed E-state index contributed by atoms with van der Waals surface area (Å²) in [6, 6.07) is 7.34. The normalized spacial score (nSPS) is 21.5. The maximum atomic E-state index is 14.5. The predicted octanol–water partition coefficient (Wildman–Crippen LogP) is 3.06. The molecule has 1 aromatic rings. The maximum absolute atomic E-state index is 14.5. The third-order valence-electron chi connectivity index (χ3n) is 3.66. The summed E-state index contributed by atoms with van der Waals surface area (Å²) in [5.74, 6) is 0. The van der Waals surface area contributed by atoms with E-state index in [0.29, 0.717) is 6.29 Å². The Bertz CT molecular complexity index is 407. The van der Waals surface area contributed by atoms with Crippen molar-refractivity contribution in [1.29, 1.82) is 0 Å². The number of rotatable bonds is 4. The Morgan fingerprint density at radius 3 is 2.33 bits per heavy atom. The summed E-state index contributed by atoms with van der Waals surface area (Å²) in [5, 5.41) is 0. The van der Waals surface area contributed by atoms with Crippen molar-refractivity contribution in [2.45, 2.75) is 38.4 Å². The van der Waals surface area contributed by atoms with E-state index in [1.807, 2.05) is 31.2 Å². The Kier molecular flexibility index (Phi) is 3.81. The van der Waals surface area contributed by atoms with Crippen LogP contribution in [0.15, 0.2) is 24.3 Å². The lowest BCUT2D eigenvalue weighted by Gasteiger charge is -2.34. The van der Waals surface area contributed by atoms with Gasteiger partial charge in [0.25, 0.3) is 0 Å². The van der Waals surface area contributed by atoms with Crippen LogP contribution in [0, 0.1) is 6.92 Å². The van der Waals surface area contributed by atoms with Gasteiger partial charge in [0.1, 0.15) is 0 Å². The molecule has 2 unspecified atom stereocenters. The molecule has 2 rings (SSSR count). The van der Waals surface area contributed by atoms with Crippen LogP contribution in [0.5, 0.6) is 0 Å². The van der Waals surface area contributed by atoms with Crippen molar-refractivity contribution in [2.75, 3.05) is 13.1 Å². The van der Waals surface area contributed by atoms with Gasteiger partial charge in [-0.15, -0.1) is 0 Å². The predicted molar refractivity (Wildman–Crippen MR) is 70.3 cm³/mol. The lowest BCUT2D eigenvalue weighted by molar-refractivity contribution is -0.121. The Morgan fingerprint density at radius 1 is 1.28 bits per heavy atom. The van der Waals surface area contributed by atoms with Crippen LogP contribution in [0.4, 0.5) is 4.39 Å². The van der Waals surface area contributed by atoms with Crippen molar-refractivity contribution in [3.8, 4) is 0 Å². The third kappa shape index (κ3) is 2.61. The van der Waals surface area contributed by atoms with Crippen LogP contribution in [-0.4, -0.2) is 29.9 Å². The Morgan fingerprint density at radius 2 is 1.83 bits per heavy atom. The zero-order valence-corrected chi connectivity index (χ0v) is 11.0. The van der Waals surface area contributed by atoms with Gasteiger partial charge >= 0.3 is 0 Å². The molecule has 0 amide bonds. The molecule has 1 heterocycles. The summed E-state index contributed by atoms with van der Waals surface area (Å²) < 4.78 is 14.5. The molecule has 3 heteroatoms. The fourth-order valence-corrected chi connectivity index (χ4v) is 2.71. The summed E-state index contributed by atoms with van der Waals surface area (Å²) >= 11 is 0. The van der Waals surface area contributed by atoms with Gasteiger partial charge in [0, 0.05) is 0 Å². The van der Waals surface area contributed by atoms with E-state index in [-0.39, 0.29) is 0 Å². The molecule has 0 radical (unpaired) electrons. The summed E-state index contributed by atoms with van der Waals surface area (Å²) in [4.78, 5) is 13.1. The molecule has 0 bridgehead atoms. The minimum absolute atomic E-state index is 0.440. The smallest absolute Gasteiger partial charge is 0.182 e. The minimum atomic E-state index is -1.83. The molecule has 0 spiro atoms. The van der Waals surface area contributed by atoms with Gasteiger partial charge in [0.05, 0.1) is 6.04 Å². The largest absolute Gasteiger partial charge is 0.300 e. The first-order chi connectivity index (χ1) is 8.54. The van der Waals surface area contributed by atoms with Crippen LogP contribution in [0.25, 0.3) is 0 Å². The van der Waals surface area contributed by atoms with E-state index in [9.17, 15) is 9.18 Å². The molecule has 2 atom stereocenters. The van der Waals surface area contributed by atoms with Gasteiger partial charge in [-0.1, -0.05) is 29.8 Å². The quantitative estimate of drug-likeness (QED) is 0.764. The van der Waals surface area contributed by atoms with Crippen molar-refractivity contribution in [2.24, 2.45) is 0 Å². The van der Waals surface area contributed by atoms with Crippen molar-refractivity contribution < 1.29 is 9.18 Å². The van der Waals surface area contributed by atoms with E-state index in [1.54, 1.807) is 0 Å². The number of halogens is 1. The number of likely N-dealkylation sites (tertiary alicyclic amines) is 1. The molecule has 1 aliphatic rings. The molecule has 0 saturated carbocycles. The summed E-state index contributed by atoms with van der Waals surface area (Å²) in [5.41, 5.74) is 0.199. The monoisotopic (exact) mass is 249 g/mol. The van der Waals surface area contributed by atoms with E-state index in [4.69, 9.17) is 0 Å². The van der Waals surface area contributed by atoms with E-state index < -0.39 is 11.7 Å². The highest BCUT2D eigenvalue weighted by atomic mass is 19.1. The summed E-state index contributed by atoms with van der Waals surface area (Å²) in [7, 11) is 0. The molecule has 1 aliphatic heterocycles. The van der Waals surface area contributed by atoms with Crippen molar-refractivity contribution in [1.82, 2.24) is 4.90 Å². The zero-order valence-electron chi connectivity index (χ0n) is 11.0. The van der Waals surface area contributed by atoms with Crippen LogP contribution in [0.2, 0.25) is 0 Å². The molecule has 0 N–H and O–H groups in total. The number of carbonyl (C=O) groups excluding carboxylic acids is 1. The first-order valence-electron chi connectivity index (χ1n) is 6.50. The van der Waals surface area contributed by atoms with Gasteiger partial charge in [0.15, 0.2) is 12.0 Å². The minimum Gasteiger partial charge on any atom is -0.300 e. The molecular weight excluding hydrogens is 229 g/mol. The highest BCUT2D eigenvalue weighted by Gasteiger charge is 2.40. The average molecular weight is 249 g/mol. The summed E-state index contributed by atoms with van der Waals surface area (Å²) in [6.07, 6.45) is 2.60. The lowest BCUT2D eigenvalue weighted by atomic mass is 9.91. The fraction of sp³-hybridized carbons (Fsp3) is 0.533. The van der Waals surface area contributed by atoms with Gasteiger partial charge in [-0.05, 0) is 45.3 Å². The number of aryl methyl sites for hydroxylation is 1. The number of hydrogen-bond acceptors (Lipinski definition) is 2. The second kappa shape index (κ2) is 5.19. The van der Waals surface area contributed by atoms with Crippen LogP contribution in [-0.2, 0) is 4.79 Å². The third-order valence-corrected chi connectivity index (χ3v) is 3.66. The number of carbonyl (C=O) groups is 1. The molecule has 1 aromatic carbocycles. The second-order valence-corrected chi connectivity index (χ2v) is 5.33. The average Bonchev–Trinajstić information content (AvgIpc) is 2.85. The van der Waals surface area contributed by atoms with Gasteiger partial charge in [-0.2, -0.15) is 0 Å². The number of nitrogens with zero attached hydrogens (tertiary/aromatic N) is 1. The fourth-order valence-electron chi connectivity index (χ4n) is 2.71. The van der Waals surface area contributed by atoms with Crippen LogP contribution >= 0.6 is 0 Å².